The van der Waals surface area contributed by atoms with Crippen LogP contribution in [0.4, 0.5) is 4.39 Å². The number of nitrogens with one attached hydrogen (secondary N) is 3. The second kappa shape index (κ2) is 14.7. The van der Waals surface area contributed by atoms with E-state index in [0.717, 1.165) is 63.3 Å². The van der Waals surface area contributed by atoms with Gasteiger partial charge in [0.25, 0.3) is 0 Å². The number of pyridine rings is 1. The maximum atomic E-state index is 15.7. The molecule has 7 nitrogen and oxygen atoms in total. The van der Waals surface area contributed by atoms with E-state index in [0.29, 0.717) is 29.3 Å². The first-order valence-corrected chi connectivity index (χ1v) is 17.7. The van der Waals surface area contributed by atoms with Gasteiger partial charge in [0.2, 0.25) is 0 Å². The summed E-state index contributed by atoms with van der Waals surface area (Å²) < 4.78 is 15.7. The Morgan fingerprint density at radius 1 is 1.13 bits per heavy atom. The Kier molecular flexibility index (Phi) is 10.9. The van der Waals surface area contributed by atoms with E-state index in [4.69, 9.17) is 4.99 Å². The predicted molar refractivity (Wildman–Crippen MR) is 189 cm³/mol. The lowest BCUT2D eigenvalue weighted by molar-refractivity contribution is 0.0955. The highest BCUT2D eigenvalue weighted by Gasteiger charge is 2.34. The molecule has 2 aromatic heterocycles. The summed E-state index contributed by atoms with van der Waals surface area (Å²) in [6.45, 7) is 6.34. The summed E-state index contributed by atoms with van der Waals surface area (Å²) in [6.07, 6.45) is 6.40. The number of benzene rings is 2. The molecule has 4 aromatic rings. The molecule has 0 saturated heterocycles. The largest absolute Gasteiger partial charge is 0.394 e. The van der Waals surface area contributed by atoms with E-state index in [1.54, 1.807) is 19.3 Å². The van der Waals surface area contributed by atoms with Crippen LogP contribution in [-0.4, -0.2) is 63.1 Å². The van der Waals surface area contributed by atoms with E-state index in [2.05, 4.69) is 36.1 Å². The highest BCUT2D eigenvalue weighted by atomic mass is 32.2. The second-order valence-corrected chi connectivity index (χ2v) is 15.2. The first kappa shape index (κ1) is 34.2. The van der Waals surface area contributed by atoms with E-state index < -0.39 is 11.5 Å². The number of H-pyrrole nitrogens is 1. The lowest BCUT2D eigenvalue weighted by Crippen LogP contribution is -2.34. The molecule has 5 N–H and O–H groups in total. The molecule has 2 atom stereocenters. The number of aryl methyl sites for hydroxylation is 1. The van der Waals surface area contributed by atoms with Crippen LogP contribution in [0.5, 0.6) is 0 Å². The van der Waals surface area contributed by atoms with Gasteiger partial charge in [-0.3, -0.25) is 10.4 Å². The number of aliphatic hydroxyl groups excluding tert-OH is 2. The molecule has 1 aliphatic rings. The van der Waals surface area contributed by atoms with Crippen molar-refractivity contribution in [2.24, 2.45) is 10.4 Å². The maximum Gasteiger partial charge on any atom is 0.153 e. The fourth-order valence-electron chi connectivity index (χ4n) is 6.07. The van der Waals surface area contributed by atoms with Gasteiger partial charge in [-0.05, 0) is 84.1 Å². The normalized spacial score (nSPS) is 21.5. The minimum absolute atomic E-state index is 0.0655. The molecule has 0 spiro atoms. The smallest absolute Gasteiger partial charge is 0.153 e. The van der Waals surface area contributed by atoms with Gasteiger partial charge in [0.05, 0.1) is 23.0 Å². The summed E-state index contributed by atoms with van der Waals surface area (Å²) in [4.78, 5) is 14.1. The average molecular weight is 662 g/mol. The van der Waals surface area contributed by atoms with Crippen molar-refractivity contribution in [1.82, 2.24) is 15.3 Å². The molecule has 46 heavy (non-hydrogen) atoms. The standard InChI is InChI=1S/C36H44FN5O2S2/c1-35(2)12-6-13-36(3,24-8-5-7-23(17-24)18-25(44)21-43)34(38)42-33(39-4)31-19-26(9-14-41-31)46-32-28(11-16-45-22-35)27-10-15-40-30(27)20-29(32)37/h5,7-10,14-15,17,19-20,25,40,43-44H,6,11-13,16,18,21-22H2,1-4H3,(H2,38,39,42)/t25?,36-/m1/s1. The van der Waals surface area contributed by atoms with E-state index in [1.807, 2.05) is 60.4 Å². The molecule has 5 rings (SSSR count). The van der Waals surface area contributed by atoms with E-state index in [1.165, 1.54) is 11.8 Å². The topological polar surface area (TPSA) is 117 Å². The van der Waals surface area contributed by atoms with Crippen molar-refractivity contribution >= 4 is 46.1 Å². The zero-order valence-corrected chi connectivity index (χ0v) is 28.6. The van der Waals surface area contributed by atoms with Gasteiger partial charge in [0.15, 0.2) is 5.84 Å². The van der Waals surface area contributed by atoms with Gasteiger partial charge in [-0.25, -0.2) is 9.38 Å². The van der Waals surface area contributed by atoms with Gasteiger partial charge < -0.3 is 20.5 Å². The summed E-state index contributed by atoms with van der Waals surface area (Å²) in [5, 5.41) is 33.1. The fraction of sp³-hybridized carbons (Fsp3) is 0.417. The zero-order chi connectivity index (χ0) is 32.9. The predicted octanol–water partition coefficient (Wildman–Crippen LogP) is 7.14. The van der Waals surface area contributed by atoms with Crippen molar-refractivity contribution in [3.63, 3.8) is 0 Å². The van der Waals surface area contributed by atoms with Crippen molar-refractivity contribution < 1.29 is 14.6 Å². The summed E-state index contributed by atoms with van der Waals surface area (Å²) in [5.41, 5.74) is 3.59. The molecule has 1 unspecified atom stereocenters. The number of hydrogen-bond donors (Lipinski definition) is 5. The van der Waals surface area contributed by atoms with E-state index >= 15 is 4.39 Å². The molecule has 0 saturated carbocycles. The number of halogens is 1. The molecule has 10 heteroatoms. The van der Waals surface area contributed by atoms with Crippen LogP contribution in [0.2, 0.25) is 0 Å². The number of rotatable bonds is 4. The van der Waals surface area contributed by atoms with Gasteiger partial charge >= 0.3 is 0 Å². The van der Waals surface area contributed by atoms with Crippen molar-refractivity contribution in [1.29, 1.82) is 5.41 Å². The Balaban J connectivity index is 1.58. The summed E-state index contributed by atoms with van der Waals surface area (Å²) >= 11 is 3.30. The van der Waals surface area contributed by atoms with E-state index in [9.17, 15) is 15.6 Å². The number of aliphatic imine (C=N–C) groups is 1. The van der Waals surface area contributed by atoms with Crippen LogP contribution >= 0.6 is 23.5 Å². The number of thioether (sulfide) groups is 1. The second-order valence-electron chi connectivity index (χ2n) is 13.0. The number of aliphatic hydroxyl groups is 2. The minimum atomic E-state index is -0.842. The van der Waals surface area contributed by atoms with Gasteiger partial charge in [-0.15, -0.1) is 0 Å². The monoisotopic (exact) mass is 661 g/mol. The Bertz CT molecular complexity index is 1720. The Hall–Kier alpha value is -3.18. The number of fused-ring (bicyclic) bond motifs is 5. The molecular weight excluding hydrogens is 618 g/mol. The van der Waals surface area contributed by atoms with Gasteiger partial charge in [-0.2, -0.15) is 11.8 Å². The molecule has 2 bridgehead atoms. The molecule has 0 aliphatic carbocycles. The Morgan fingerprint density at radius 3 is 2.74 bits per heavy atom. The number of hydrogen-bond acceptors (Lipinski definition) is 7. The summed E-state index contributed by atoms with van der Waals surface area (Å²) in [6, 6.07) is 15.3. The lowest BCUT2D eigenvalue weighted by Gasteiger charge is -2.32. The first-order chi connectivity index (χ1) is 22.0. The maximum absolute atomic E-state index is 15.7. The van der Waals surface area contributed by atoms with Crippen LogP contribution in [0.3, 0.4) is 0 Å². The van der Waals surface area contributed by atoms with Crippen LogP contribution in [0, 0.1) is 16.6 Å². The third-order valence-corrected chi connectivity index (χ3v) is 11.4. The summed E-state index contributed by atoms with van der Waals surface area (Å²) in [5.74, 6) is 2.27. The van der Waals surface area contributed by atoms with Crippen molar-refractivity contribution in [3.05, 3.63) is 89.1 Å². The minimum Gasteiger partial charge on any atom is -0.394 e. The highest BCUT2D eigenvalue weighted by Crippen LogP contribution is 2.39. The SMILES string of the molecule is CN/C1=N\C(=N)[C@@](C)(c2cccc(CC(O)CO)c2)CCCC(C)(C)CSCCc2c(c(F)cc3[nH]ccc23)Sc2ccnc1c2. The van der Waals surface area contributed by atoms with Gasteiger partial charge in [0, 0.05) is 41.7 Å². The summed E-state index contributed by atoms with van der Waals surface area (Å²) in [7, 11) is 1.77. The van der Waals surface area contributed by atoms with Crippen molar-refractivity contribution in [2.75, 3.05) is 25.2 Å². The third kappa shape index (κ3) is 7.85. The molecule has 244 valence electrons. The quantitative estimate of drug-likeness (QED) is 0.159. The number of amidine groups is 2. The van der Waals surface area contributed by atoms with Crippen molar-refractivity contribution in [2.45, 2.75) is 74.2 Å². The Labute approximate surface area is 279 Å². The molecule has 2 aromatic carbocycles. The average Bonchev–Trinajstić information content (AvgIpc) is 3.50. The molecule has 3 heterocycles. The Morgan fingerprint density at radius 2 is 1.96 bits per heavy atom. The number of nitrogens with zero attached hydrogens (tertiary/aromatic N) is 2. The van der Waals surface area contributed by atoms with Gasteiger partial charge in [-0.1, -0.05) is 56.3 Å². The molecule has 0 radical (unpaired) electrons. The fourth-order valence-corrected chi connectivity index (χ4v) is 8.29. The lowest BCUT2D eigenvalue weighted by atomic mass is 9.74. The van der Waals surface area contributed by atoms with Crippen LogP contribution in [-0.2, 0) is 18.3 Å². The van der Waals surface area contributed by atoms with E-state index in [-0.39, 0.29) is 23.7 Å². The van der Waals surface area contributed by atoms with Crippen LogP contribution < -0.4 is 5.32 Å². The molecule has 1 aliphatic heterocycles. The zero-order valence-electron chi connectivity index (χ0n) is 27.0. The number of aromatic amines is 1. The highest BCUT2D eigenvalue weighted by molar-refractivity contribution is 7.99. The molecule has 0 fully saturated rings. The van der Waals surface area contributed by atoms with Crippen LogP contribution in [0.25, 0.3) is 10.9 Å². The van der Waals surface area contributed by atoms with Gasteiger partial charge in [0.1, 0.15) is 17.3 Å². The first-order valence-electron chi connectivity index (χ1n) is 15.8. The third-order valence-electron chi connectivity index (χ3n) is 8.81. The van der Waals surface area contributed by atoms with Crippen LogP contribution in [0.15, 0.2) is 75.7 Å². The van der Waals surface area contributed by atoms with Crippen molar-refractivity contribution in [3.8, 4) is 0 Å². The van der Waals surface area contributed by atoms with Crippen LogP contribution in [0.1, 0.15) is 62.4 Å². The number of aromatic nitrogens is 2. The molecular formula is C36H44FN5O2S2. The molecule has 0 amide bonds.